The third kappa shape index (κ3) is 2.80. The molecule has 3 rings (SSSR count). The Balaban J connectivity index is 1.80. The molecule has 0 saturated carbocycles. The summed E-state index contributed by atoms with van der Waals surface area (Å²) in [6, 6.07) is 10.4. The van der Waals surface area contributed by atoms with Crippen molar-refractivity contribution in [2.24, 2.45) is 0 Å². The Labute approximate surface area is 129 Å². The van der Waals surface area contributed by atoms with E-state index in [-0.39, 0.29) is 6.04 Å². The van der Waals surface area contributed by atoms with Crippen LogP contribution in [0.2, 0.25) is 0 Å². The van der Waals surface area contributed by atoms with E-state index in [1.807, 2.05) is 36.9 Å². The van der Waals surface area contributed by atoms with Crippen LogP contribution in [0.1, 0.15) is 35.5 Å². The first-order valence-corrected chi connectivity index (χ1v) is 7.41. The van der Waals surface area contributed by atoms with E-state index in [1.165, 1.54) is 5.56 Å². The van der Waals surface area contributed by atoms with Crippen LogP contribution in [0.3, 0.4) is 0 Å². The Morgan fingerprint density at radius 3 is 2.73 bits per heavy atom. The molecule has 0 radical (unpaired) electrons. The maximum atomic E-state index is 5.21. The number of benzene rings is 1. The Bertz CT molecular complexity index is 726. The monoisotopic (exact) mass is 296 g/mol. The molecule has 22 heavy (non-hydrogen) atoms. The van der Waals surface area contributed by atoms with Crippen molar-refractivity contribution in [2.75, 3.05) is 0 Å². The number of hydrogen-bond acceptors (Lipinski definition) is 4. The third-order valence-electron chi connectivity index (χ3n) is 3.92. The van der Waals surface area contributed by atoms with Gasteiger partial charge in [-0.3, -0.25) is 0 Å². The lowest BCUT2D eigenvalue weighted by Crippen LogP contribution is -2.20. The smallest absolute Gasteiger partial charge is 0.138 e. The summed E-state index contributed by atoms with van der Waals surface area (Å²) in [4.78, 5) is 0. The first-order valence-electron chi connectivity index (χ1n) is 7.41. The van der Waals surface area contributed by atoms with Crippen LogP contribution in [0.4, 0.5) is 0 Å². The fourth-order valence-corrected chi connectivity index (χ4v) is 2.59. The van der Waals surface area contributed by atoms with Crippen LogP contribution in [0.15, 0.2) is 47.2 Å². The summed E-state index contributed by atoms with van der Waals surface area (Å²) in [5.74, 6) is 0.873. The molecule has 0 amide bonds. The molecule has 0 fully saturated rings. The minimum atomic E-state index is 0.189. The summed E-state index contributed by atoms with van der Waals surface area (Å²) in [7, 11) is 0. The van der Waals surface area contributed by atoms with Gasteiger partial charge in [0.05, 0.1) is 11.4 Å². The normalized spacial score (nSPS) is 12.5. The first-order chi connectivity index (χ1) is 10.7. The van der Waals surface area contributed by atoms with Gasteiger partial charge in [0.2, 0.25) is 0 Å². The van der Waals surface area contributed by atoms with Gasteiger partial charge in [-0.2, -0.15) is 5.10 Å². The predicted molar refractivity (Wildman–Crippen MR) is 84.8 cm³/mol. The zero-order valence-corrected chi connectivity index (χ0v) is 13.1. The van der Waals surface area contributed by atoms with E-state index in [0.717, 1.165) is 29.2 Å². The summed E-state index contributed by atoms with van der Waals surface area (Å²) in [6.07, 6.45) is 3.75. The van der Waals surface area contributed by atoms with Crippen molar-refractivity contribution in [2.45, 2.75) is 33.4 Å². The van der Waals surface area contributed by atoms with Crippen molar-refractivity contribution in [3.8, 4) is 5.69 Å². The van der Waals surface area contributed by atoms with Crippen molar-refractivity contribution in [3.05, 3.63) is 65.3 Å². The number of nitrogens with zero attached hydrogens (tertiary/aromatic N) is 3. The average Bonchev–Trinajstić information content (AvgIpc) is 3.16. The van der Waals surface area contributed by atoms with Crippen molar-refractivity contribution in [3.63, 3.8) is 0 Å². The van der Waals surface area contributed by atoms with Gasteiger partial charge in [0.25, 0.3) is 0 Å². The molecule has 0 saturated heterocycles. The van der Waals surface area contributed by atoms with Crippen LogP contribution in [0.25, 0.3) is 5.69 Å². The lowest BCUT2D eigenvalue weighted by molar-refractivity contribution is 0.391. The summed E-state index contributed by atoms with van der Waals surface area (Å²) in [5, 5.41) is 11.9. The minimum Gasteiger partial charge on any atom is -0.361 e. The second-order valence-corrected chi connectivity index (χ2v) is 5.41. The van der Waals surface area contributed by atoms with Crippen molar-refractivity contribution >= 4 is 0 Å². The Morgan fingerprint density at radius 1 is 1.23 bits per heavy atom. The fraction of sp³-hybridized carbons (Fsp3) is 0.294. The number of rotatable bonds is 5. The highest BCUT2D eigenvalue weighted by Gasteiger charge is 2.14. The van der Waals surface area contributed by atoms with Gasteiger partial charge in [0.1, 0.15) is 5.76 Å². The van der Waals surface area contributed by atoms with E-state index in [9.17, 15) is 0 Å². The van der Waals surface area contributed by atoms with E-state index in [2.05, 4.69) is 40.7 Å². The highest BCUT2D eigenvalue weighted by atomic mass is 16.5. The van der Waals surface area contributed by atoms with Gasteiger partial charge in [-0.1, -0.05) is 23.4 Å². The van der Waals surface area contributed by atoms with Crippen LogP contribution in [-0.2, 0) is 6.54 Å². The molecule has 5 heteroatoms. The van der Waals surface area contributed by atoms with Gasteiger partial charge in [0.15, 0.2) is 0 Å². The molecule has 2 aromatic heterocycles. The van der Waals surface area contributed by atoms with Crippen molar-refractivity contribution in [1.82, 2.24) is 20.3 Å². The molecule has 0 aliphatic heterocycles. The van der Waals surface area contributed by atoms with Crippen molar-refractivity contribution < 1.29 is 4.52 Å². The lowest BCUT2D eigenvalue weighted by Gasteiger charge is -2.18. The largest absolute Gasteiger partial charge is 0.361 e. The Kier molecular flexibility index (Phi) is 4.06. The summed E-state index contributed by atoms with van der Waals surface area (Å²) in [5.41, 5.74) is 4.37. The molecule has 1 atom stereocenters. The van der Waals surface area contributed by atoms with Crippen LogP contribution >= 0.6 is 0 Å². The number of aromatic nitrogens is 3. The van der Waals surface area contributed by atoms with Gasteiger partial charge in [0, 0.05) is 30.5 Å². The second kappa shape index (κ2) is 6.15. The fourth-order valence-electron chi connectivity index (χ4n) is 2.59. The number of nitrogens with one attached hydrogen (secondary N) is 1. The maximum Gasteiger partial charge on any atom is 0.138 e. The topological polar surface area (TPSA) is 55.9 Å². The highest BCUT2D eigenvalue weighted by molar-refractivity contribution is 5.42. The van der Waals surface area contributed by atoms with E-state index < -0.39 is 0 Å². The number of hydrogen-bond donors (Lipinski definition) is 1. The zero-order chi connectivity index (χ0) is 15.5. The summed E-state index contributed by atoms with van der Waals surface area (Å²) in [6.45, 7) is 6.80. The molecule has 0 unspecified atom stereocenters. The standard InChI is InChI=1S/C17H20N4O/c1-12(18-11-16-13(2)20-22-14(16)3)15-7-4-5-8-17(15)21-10-6-9-19-21/h4-10,12,18H,11H2,1-3H3/t12-/m0/s1. The number of aryl methyl sites for hydroxylation is 2. The minimum absolute atomic E-state index is 0.189. The molecular weight excluding hydrogens is 276 g/mol. The van der Waals surface area contributed by atoms with E-state index in [0.29, 0.717) is 0 Å². The Morgan fingerprint density at radius 2 is 2.05 bits per heavy atom. The quantitative estimate of drug-likeness (QED) is 0.784. The molecule has 0 spiro atoms. The first kappa shape index (κ1) is 14.5. The highest BCUT2D eigenvalue weighted by Crippen LogP contribution is 2.22. The molecule has 3 aromatic rings. The van der Waals surface area contributed by atoms with E-state index in [1.54, 1.807) is 6.20 Å². The SMILES string of the molecule is Cc1noc(C)c1CN[C@@H](C)c1ccccc1-n1cccn1. The van der Waals surface area contributed by atoms with Gasteiger partial charge >= 0.3 is 0 Å². The molecule has 0 bridgehead atoms. The number of para-hydroxylation sites is 1. The zero-order valence-electron chi connectivity index (χ0n) is 13.1. The predicted octanol–water partition coefficient (Wildman–Crippen LogP) is 3.33. The van der Waals surface area contributed by atoms with E-state index in [4.69, 9.17) is 4.52 Å². The van der Waals surface area contributed by atoms with Crippen LogP contribution in [0.5, 0.6) is 0 Å². The van der Waals surface area contributed by atoms with Crippen LogP contribution < -0.4 is 5.32 Å². The molecule has 1 N–H and O–H groups in total. The van der Waals surface area contributed by atoms with Crippen LogP contribution in [0, 0.1) is 13.8 Å². The van der Waals surface area contributed by atoms with Gasteiger partial charge in [-0.25, -0.2) is 4.68 Å². The summed E-state index contributed by atoms with van der Waals surface area (Å²) >= 11 is 0. The molecule has 5 nitrogen and oxygen atoms in total. The lowest BCUT2D eigenvalue weighted by atomic mass is 10.1. The molecular formula is C17H20N4O. The molecule has 2 heterocycles. The molecule has 0 aliphatic rings. The summed E-state index contributed by atoms with van der Waals surface area (Å²) < 4.78 is 7.10. The second-order valence-electron chi connectivity index (χ2n) is 5.41. The third-order valence-corrected chi connectivity index (χ3v) is 3.92. The van der Waals surface area contributed by atoms with Gasteiger partial charge < -0.3 is 9.84 Å². The van der Waals surface area contributed by atoms with Gasteiger partial charge in [-0.05, 0) is 38.5 Å². The van der Waals surface area contributed by atoms with Crippen LogP contribution in [-0.4, -0.2) is 14.9 Å². The Hall–Kier alpha value is -2.40. The maximum absolute atomic E-state index is 5.21. The molecule has 1 aromatic carbocycles. The molecule has 0 aliphatic carbocycles. The van der Waals surface area contributed by atoms with E-state index >= 15 is 0 Å². The molecule has 114 valence electrons. The average molecular weight is 296 g/mol. The van der Waals surface area contributed by atoms with Gasteiger partial charge in [-0.15, -0.1) is 0 Å². The van der Waals surface area contributed by atoms with Crippen molar-refractivity contribution in [1.29, 1.82) is 0 Å².